The van der Waals surface area contributed by atoms with Crippen LogP contribution in [-0.2, 0) is 21.4 Å². The fourth-order valence-electron chi connectivity index (χ4n) is 3.37. The van der Waals surface area contributed by atoms with E-state index in [9.17, 15) is 9.59 Å². The Balaban J connectivity index is 1.82. The molecule has 0 saturated carbocycles. The number of aromatic nitrogens is 4. The predicted molar refractivity (Wildman–Crippen MR) is 128 cm³/mol. The summed E-state index contributed by atoms with van der Waals surface area (Å²) in [4.78, 5) is 34.1. The Morgan fingerprint density at radius 2 is 1.67 bits per heavy atom. The van der Waals surface area contributed by atoms with Crippen LogP contribution < -0.4 is 10.6 Å². The number of carbonyl (C=O) groups excluding carboxylic acids is 2. The molecule has 8 heteroatoms. The number of carbonyl (C=O) groups is 2. The van der Waals surface area contributed by atoms with Gasteiger partial charge in [-0.3, -0.25) is 9.59 Å². The zero-order valence-electron chi connectivity index (χ0n) is 20.1. The predicted octanol–water partition coefficient (Wildman–Crippen LogP) is 3.97. The summed E-state index contributed by atoms with van der Waals surface area (Å²) >= 11 is 0. The second kappa shape index (κ2) is 9.94. The molecule has 1 aromatic carbocycles. The van der Waals surface area contributed by atoms with Gasteiger partial charge in [-0.05, 0) is 29.5 Å². The van der Waals surface area contributed by atoms with Crippen molar-refractivity contribution in [2.45, 2.75) is 59.4 Å². The number of rotatable bonds is 6. The Labute approximate surface area is 194 Å². The van der Waals surface area contributed by atoms with Gasteiger partial charge in [0.2, 0.25) is 0 Å². The van der Waals surface area contributed by atoms with Gasteiger partial charge in [-0.25, -0.2) is 9.97 Å². The summed E-state index contributed by atoms with van der Waals surface area (Å²) in [5, 5.41) is 10.1. The van der Waals surface area contributed by atoms with E-state index in [-0.39, 0.29) is 17.4 Å². The lowest BCUT2D eigenvalue weighted by molar-refractivity contribution is -0.136. The smallest absolute Gasteiger partial charge is 0.314 e. The molecule has 3 aromatic rings. The molecular weight excluding hydrogens is 416 g/mol. The minimum Gasteiger partial charge on any atom is -0.341 e. The van der Waals surface area contributed by atoms with Crippen LogP contribution >= 0.6 is 0 Å². The van der Waals surface area contributed by atoms with Gasteiger partial charge >= 0.3 is 11.8 Å². The Hall–Kier alpha value is -3.55. The van der Waals surface area contributed by atoms with Crippen molar-refractivity contribution in [1.82, 2.24) is 25.1 Å². The van der Waals surface area contributed by atoms with Crippen LogP contribution in [0.5, 0.6) is 0 Å². The first-order chi connectivity index (χ1) is 15.6. The van der Waals surface area contributed by atoms with Crippen LogP contribution in [0.1, 0.15) is 64.4 Å². The third-order valence-corrected chi connectivity index (χ3v) is 5.37. The van der Waals surface area contributed by atoms with Crippen molar-refractivity contribution in [3.05, 3.63) is 65.6 Å². The molecule has 0 bridgehead atoms. The lowest BCUT2D eigenvalue weighted by Gasteiger charge is -2.23. The molecule has 1 atom stereocenters. The number of nitrogens with zero attached hydrogens (tertiary/aromatic N) is 4. The quantitative estimate of drug-likeness (QED) is 0.556. The first kappa shape index (κ1) is 24.1. The average Bonchev–Trinajstić information content (AvgIpc) is 3.22. The second-order valence-electron chi connectivity index (χ2n) is 9.37. The highest BCUT2D eigenvalue weighted by Gasteiger charge is 2.26. The zero-order chi connectivity index (χ0) is 24.2. The summed E-state index contributed by atoms with van der Waals surface area (Å²) in [7, 11) is 0. The van der Waals surface area contributed by atoms with E-state index in [1.807, 2.05) is 58.9 Å². The highest BCUT2D eigenvalue weighted by molar-refractivity contribution is 6.39. The van der Waals surface area contributed by atoms with Gasteiger partial charge < -0.3 is 10.6 Å². The van der Waals surface area contributed by atoms with E-state index in [0.29, 0.717) is 11.8 Å². The highest BCUT2D eigenvalue weighted by atomic mass is 16.2. The molecule has 0 saturated heterocycles. The first-order valence-electron chi connectivity index (χ1n) is 11.2. The minimum absolute atomic E-state index is 0.102. The van der Waals surface area contributed by atoms with Gasteiger partial charge in [0.05, 0.1) is 11.7 Å². The maximum absolute atomic E-state index is 12.8. The molecule has 2 N–H and O–H groups in total. The van der Waals surface area contributed by atoms with Crippen LogP contribution in [-0.4, -0.2) is 31.6 Å². The molecule has 8 nitrogen and oxygen atoms in total. The number of aryl methyl sites for hydroxylation is 1. The van der Waals surface area contributed by atoms with Crippen molar-refractivity contribution in [3.8, 4) is 5.95 Å². The molecular formula is C25H32N6O2. The van der Waals surface area contributed by atoms with Crippen LogP contribution in [0, 0.1) is 5.92 Å². The molecule has 0 aliphatic rings. The zero-order valence-corrected chi connectivity index (χ0v) is 20.1. The van der Waals surface area contributed by atoms with Gasteiger partial charge in [0.15, 0.2) is 0 Å². The standard InChI is InChI=1S/C25H32N6O2/c1-7-17-9-11-18(12-10-17)21(16(2)3)29-23(33)22(32)28-20-15-19(25(4,5)6)30-31(20)24-26-13-8-14-27-24/h8-16,21H,7H2,1-6H3,(H,28,32)(H,29,33)/t21-/m1/s1. The second-order valence-corrected chi connectivity index (χ2v) is 9.37. The molecule has 3 rings (SSSR count). The number of anilines is 1. The van der Waals surface area contributed by atoms with E-state index < -0.39 is 11.8 Å². The van der Waals surface area contributed by atoms with E-state index in [1.165, 1.54) is 10.2 Å². The maximum atomic E-state index is 12.8. The molecule has 0 spiro atoms. The topological polar surface area (TPSA) is 102 Å². The van der Waals surface area contributed by atoms with Gasteiger partial charge in [-0.1, -0.05) is 65.8 Å². The van der Waals surface area contributed by atoms with Crippen molar-refractivity contribution in [2.75, 3.05) is 5.32 Å². The molecule has 33 heavy (non-hydrogen) atoms. The average molecular weight is 449 g/mol. The van der Waals surface area contributed by atoms with Crippen molar-refractivity contribution < 1.29 is 9.59 Å². The number of benzene rings is 1. The van der Waals surface area contributed by atoms with E-state index >= 15 is 0 Å². The van der Waals surface area contributed by atoms with Gasteiger partial charge in [0.1, 0.15) is 5.82 Å². The van der Waals surface area contributed by atoms with E-state index in [0.717, 1.165) is 17.7 Å². The van der Waals surface area contributed by atoms with E-state index in [4.69, 9.17) is 0 Å². The summed E-state index contributed by atoms with van der Waals surface area (Å²) in [6.45, 7) is 12.2. The Kier molecular flexibility index (Phi) is 7.26. The van der Waals surface area contributed by atoms with Gasteiger partial charge in [-0.15, -0.1) is 0 Å². The lowest BCUT2D eigenvalue weighted by atomic mass is 9.92. The fraction of sp³-hybridized carbons (Fsp3) is 0.400. The summed E-state index contributed by atoms with van der Waals surface area (Å²) in [6, 6.07) is 11.2. The van der Waals surface area contributed by atoms with Crippen LogP contribution in [0.3, 0.4) is 0 Å². The molecule has 0 aliphatic carbocycles. The molecule has 2 aromatic heterocycles. The van der Waals surface area contributed by atoms with Crippen molar-refractivity contribution in [2.24, 2.45) is 5.92 Å². The Bertz CT molecular complexity index is 1100. The van der Waals surface area contributed by atoms with Gasteiger partial charge in [0.25, 0.3) is 5.95 Å². The van der Waals surface area contributed by atoms with Crippen LogP contribution in [0.4, 0.5) is 5.82 Å². The monoisotopic (exact) mass is 448 g/mol. The normalized spacial score (nSPS) is 12.5. The molecule has 0 radical (unpaired) electrons. The lowest BCUT2D eigenvalue weighted by Crippen LogP contribution is -2.39. The summed E-state index contributed by atoms with van der Waals surface area (Å²) in [5.74, 6) is -0.750. The number of hydrogen-bond acceptors (Lipinski definition) is 5. The van der Waals surface area contributed by atoms with E-state index in [2.05, 4.69) is 32.6 Å². The molecule has 174 valence electrons. The largest absolute Gasteiger partial charge is 0.341 e. The Morgan fingerprint density at radius 1 is 1.03 bits per heavy atom. The summed E-state index contributed by atoms with van der Waals surface area (Å²) < 4.78 is 1.44. The summed E-state index contributed by atoms with van der Waals surface area (Å²) in [6.07, 6.45) is 4.13. The third-order valence-electron chi connectivity index (χ3n) is 5.37. The summed E-state index contributed by atoms with van der Waals surface area (Å²) in [5.41, 5.74) is 2.65. The number of hydrogen-bond donors (Lipinski definition) is 2. The van der Waals surface area contributed by atoms with Crippen molar-refractivity contribution >= 4 is 17.6 Å². The molecule has 2 amide bonds. The van der Waals surface area contributed by atoms with E-state index in [1.54, 1.807) is 24.5 Å². The van der Waals surface area contributed by atoms with Crippen LogP contribution in [0.15, 0.2) is 48.8 Å². The van der Waals surface area contributed by atoms with Gasteiger partial charge in [0, 0.05) is 23.9 Å². The van der Waals surface area contributed by atoms with Crippen LogP contribution in [0.25, 0.3) is 5.95 Å². The number of nitrogens with one attached hydrogen (secondary N) is 2. The molecule has 0 unspecified atom stereocenters. The SMILES string of the molecule is CCc1ccc([C@H](NC(=O)C(=O)Nc2cc(C(C)(C)C)nn2-c2ncccn2)C(C)C)cc1. The Morgan fingerprint density at radius 3 is 2.21 bits per heavy atom. The number of amides is 2. The highest BCUT2D eigenvalue weighted by Crippen LogP contribution is 2.26. The molecule has 2 heterocycles. The van der Waals surface area contributed by atoms with Gasteiger partial charge in [-0.2, -0.15) is 9.78 Å². The van der Waals surface area contributed by atoms with Crippen LogP contribution in [0.2, 0.25) is 0 Å². The first-order valence-corrected chi connectivity index (χ1v) is 11.2. The third kappa shape index (κ3) is 5.83. The molecule has 0 fully saturated rings. The fourth-order valence-corrected chi connectivity index (χ4v) is 3.37. The van der Waals surface area contributed by atoms with Crippen molar-refractivity contribution in [3.63, 3.8) is 0 Å². The molecule has 0 aliphatic heterocycles. The minimum atomic E-state index is -0.775. The van der Waals surface area contributed by atoms with Crippen molar-refractivity contribution in [1.29, 1.82) is 0 Å². The maximum Gasteiger partial charge on any atom is 0.314 e.